The second kappa shape index (κ2) is 4.77. The van der Waals surface area contributed by atoms with Gasteiger partial charge in [-0.15, -0.1) is 0 Å². The van der Waals surface area contributed by atoms with Gasteiger partial charge in [0.05, 0.1) is 11.1 Å². The number of para-hydroxylation sites is 1. The molecule has 3 aromatic rings. The summed E-state index contributed by atoms with van der Waals surface area (Å²) < 4.78 is 0. The van der Waals surface area contributed by atoms with Crippen molar-refractivity contribution in [2.45, 2.75) is 26.2 Å². The number of fused-ring (bicyclic) bond motifs is 1. The number of carbonyl (C=O) groups excluding carboxylic acids is 1. The van der Waals surface area contributed by atoms with Crippen LogP contribution >= 0.6 is 0 Å². The van der Waals surface area contributed by atoms with Gasteiger partial charge < -0.3 is 10.3 Å². The van der Waals surface area contributed by atoms with E-state index in [1.807, 2.05) is 30.5 Å². The molecule has 0 saturated heterocycles. The van der Waals surface area contributed by atoms with E-state index in [-0.39, 0.29) is 11.3 Å². The molecule has 0 bridgehead atoms. The molecule has 1 amide bonds. The Kier molecular flexibility index (Phi) is 3.05. The molecule has 0 aliphatic rings. The molecule has 0 spiro atoms. The van der Waals surface area contributed by atoms with E-state index in [0.29, 0.717) is 11.4 Å². The Morgan fingerprint density at radius 1 is 1.24 bits per heavy atom. The molecule has 1 aromatic carbocycles. The largest absolute Gasteiger partial charge is 0.361 e. The minimum Gasteiger partial charge on any atom is -0.361 e. The number of H-pyrrole nitrogens is 2. The number of hydrogen-bond acceptors (Lipinski definition) is 2. The molecule has 0 aliphatic heterocycles. The van der Waals surface area contributed by atoms with Crippen LogP contribution in [0.5, 0.6) is 0 Å². The molecule has 0 unspecified atom stereocenters. The van der Waals surface area contributed by atoms with Crippen molar-refractivity contribution < 1.29 is 4.79 Å². The van der Waals surface area contributed by atoms with E-state index in [1.54, 1.807) is 6.07 Å². The molecular formula is C16H18N4O. The smallest absolute Gasteiger partial charge is 0.258 e. The average Bonchev–Trinajstić information content (AvgIpc) is 3.05. The fourth-order valence-corrected chi connectivity index (χ4v) is 2.23. The Morgan fingerprint density at radius 3 is 2.76 bits per heavy atom. The number of aromatic nitrogens is 3. The number of hydrogen-bond donors (Lipinski definition) is 3. The Hall–Kier alpha value is -2.56. The molecule has 0 fully saturated rings. The molecule has 5 nitrogen and oxygen atoms in total. The Morgan fingerprint density at radius 2 is 2.05 bits per heavy atom. The Bertz CT molecular complexity index is 792. The molecule has 3 rings (SSSR count). The third kappa shape index (κ3) is 2.54. The quantitative estimate of drug-likeness (QED) is 0.673. The van der Waals surface area contributed by atoms with Crippen molar-refractivity contribution in [2.75, 3.05) is 5.32 Å². The van der Waals surface area contributed by atoms with Crippen LogP contribution in [0, 0.1) is 0 Å². The first-order valence-electron chi connectivity index (χ1n) is 6.88. The molecule has 108 valence electrons. The Labute approximate surface area is 122 Å². The van der Waals surface area contributed by atoms with E-state index in [0.717, 1.165) is 16.6 Å². The van der Waals surface area contributed by atoms with Crippen molar-refractivity contribution in [1.82, 2.24) is 15.2 Å². The van der Waals surface area contributed by atoms with E-state index in [1.165, 1.54) is 0 Å². The summed E-state index contributed by atoms with van der Waals surface area (Å²) in [7, 11) is 0. The van der Waals surface area contributed by atoms with Gasteiger partial charge in [-0.05, 0) is 12.1 Å². The zero-order chi connectivity index (χ0) is 15.0. The lowest BCUT2D eigenvalue weighted by molar-refractivity contribution is 0.102. The fraction of sp³-hybridized carbons (Fsp3) is 0.250. The maximum absolute atomic E-state index is 12.4. The summed E-state index contributed by atoms with van der Waals surface area (Å²) in [4.78, 5) is 15.5. The van der Waals surface area contributed by atoms with Gasteiger partial charge in [-0.2, -0.15) is 5.10 Å². The summed E-state index contributed by atoms with van der Waals surface area (Å²) in [6, 6.07) is 9.45. The van der Waals surface area contributed by atoms with E-state index in [4.69, 9.17) is 0 Å². The standard InChI is InChI=1S/C16H18N4O/c1-16(2,3)12-9-13(20-19-12)18-15(21)11-6-4-5-10-7-8-17-14(10)11/h4-9,17H,1-3H3,(H2,18,19,20,21). The lowest BCUT2D eigenvalue weighted by atomic mass is 9.92. The van der Waals surface area contributed by atoms with Crippen LogP contribution in [0.1, 0.15) is 36.8 Å². The van der Waals surface area contributed by atoms with Crippen LogP contribution in [0.15, 0.2) is 36.5 Å². The highest BCUT2D eigenvalue weighted by Gasteiger charge is 2.18. The van der Waals surface area contributed by atoms with Crippen LogP contribution in [0.25, 0.3) is 10.9 Å². The molecule has 0 radical (unpaired) electrons. The predicted octanol–water partition coefficient (Wildman–Crippen LogP) is 3.44. The molecule has 21 heavy (non-hydrogen) atoms. The monoisotopic (exact) mass is 282 g/mol. The first kappa shape index (κ1) is 13.4. The minimum atomic E-state index is -0.171. The van der Waals surface area contributed by atoms with Gasteiger partial charge in [0.25, 0.3) is 5.91 Å². The van der Waals surface area contributed by atoms with Crippen molar-refractivity contribution in [3.05, 3.63) is 47.8 Å². The van der Waals surface area contributed by atoms with E-state index in [9.17, 15) is 4.79 Å². The lowest BCUT2D eigenvalue weighted by Gasteiger charge is -2.14. The van der Waals surface area contributed by atoms with Gasteiger partial charge in [-0.25, -0.2) is 0 Å². The highest BCUT2D eigenvalue weighted by molar-refractivity contribution is 6.11. The van der Waals surface area contributed by atoms with E-state index >= 15 is 0 Å². The molecule has 2 heterocycles. The fourth-order valence-electron chi connectivity index (χ4n) is 2.23. The molecule has 3 N–H and O–H groups in total. The summed E-state index contributed by atoms with van der Waals surface area (Å²) in [5, 5.41) is 11.0. The van der Waals surface area contributed by atoms with Crippen LogP contribution in [0.4, 0.5) is 5.82 Å². The van der Waals surface area contributed by atoms with Crippen molar-refractivity contribution >= 4 is 22.6 Å². The number of aromatic amines is 2. The van der Waals surface area contributed by atoms with Crippen molar-refractivity contribution in [1.29, 1.82) is 0 Å². The van der Waals surface area contributed by atoms with Crippen LogP contribution in [0.2, 0.25) is 0 Å². The summed E-state index contributed by atoms with van der Waals surface area (Å²) in [6.07, 6.45) is 1.83. The van der Waals surface area contributed by atoms with Gasteiger partial charge in [0.2, 0.25) is 0 Å². The number of rotatable bonds is 2. The predicted molar refractivity (Wildman–Crippen MR) is 83.5 cm³/mol. The Balaban J connectivity index is 1.87. The normalized spacial score (nSPS) is 11.8. The topological polar surface area (TPSA) is 73.6 Å². The van der Waals surface area contributed by atoms with Gasteiger partial charge >= 0.3 is 0 Å². The van der Waals surface area contributed by atoms with Crippen LogP contribution < -0.4 is 5.32 Å². The third-order valence-corrected chi connectivity index (χ3v) is 3.46. The second-order valence-corrected chi connectivity index (χ2v) is 6.12. The van der Waals surface area contributed by atoms with Crippen molar-refractivity contribution in [3.8, 4) is 0 Å². The van der Waals surface area contributed by atoms with Crippen LogP contribution in [-0.2, 0) is 5.41 Å². The molecule has 5 heteroatoms. The maximum Gasteiger partial charge on any atom is 0.258 e. The third-order valence-electron chi connectivity index (χ3n) is 3.46. The number of amides is 1. The minimum absolute atomic E-state index is 0.0323. The van der Waals surface area contributed by atoms with Gasteiger partial charge in [0, 0.05) is 28.8 Å². The summed E-state index contributed by atoms with van der Waals surface area (Å²) in [6.45, 7) is 6.27. The van der Waals surface area contributed by atoms with Gasteiger partial charge in [-0.3, -0.25) is 9.89 Å². The van der Waals surface area contributed by atoms with E-state index in [2.05, 4.69) is 41.3 Å². The van der Waals surface area contributed by atoms with Gasteiger partial charge in [0.15, 0.2) is 5.82 Å². The maximum atomic E-state index is 12.4. The molecule has 2 aromatic heterocycles. The first-order chi connectivity index (χ1) is 9.95. The van der Waals surface area contributed by atoms with Gasteiger partial charge in [-0.1, -0.05) is 32.9 Å². The summed E-state index contributed by atoms with van der Waals surface area (Å²) in [5.74, 6) is 0.364. The zero-order valence-electron chi connectivity index (χ0n) is 12.3. The number of nitrogens with zero attached hydrogens (tertiary/aromatic N) is 1. The number of carbonyl (C=O) groups is 1. The number of nitrogens with one attached hydrogen (secondary N) is 3. The van der Waals surface area contributed by atoms with E-state index < -0.39 is 0 Å². The molecule has 0 atom stereocenters. The van der Waals surface area contributed by atoms with Crippen molar-refractivity contribution in [2.24, 2.45) is 0 Å². The SMILES string of the molecule is CC(C)(C)c1cc(NC(=O)c2cccc3cc[nH]c23)n[nH]1. The first-order valence-corrected chi connectivity index (χ1v) is 6.88. The average molecular weight is 282 g/mol. The summed E-state index contributed by atoms with van der Waals surface area (Å²) in [5.41, 5.74) is 2.39. The molecule has 0 aliphatic carbocycles. The second-order valence-electron chi connectivity index (χ2n) is 6.12. The molecule has 0 saturated carbocycles. The summed E-state index contributed by atoms with van der Waals surface area (Å²) >= 11 is 0. The van der Waals surface area contributed by atoms with Gasteiger partial charge in [0.1, 0.15) is 0 Å². The number of anilines is 1. The van der Waals surface area contributed by atoms with Crippen molar-refractivity contribution in [3.63, 3.8) is 0 Å². The highest BCUT2D eigenvalue weighted by atomic mass is 16.1. The highest BCUT2D eigenvalue weighted by Crippen LogP contribution is 2.23. The molecular weight excluding hydrogens is 264 g/mol. The van der Waals surface area contributed by atoms with Crippen LogP contribution in [-0.4, -0.2) is 21.1 Å². The zero-order valence-corrected chi connectivity index (χ0v) is 12.3. The lowest BCUT2D eigenvalue weighted by Crippen LogP contribution is -2.13. The number of benzene rings is 1. The van der Waals surface area contributed by atoms with Crippen LogP contribution in [0.3, 0.4) is 0 Å².